The maximum atomic E-state index is 12.2. The SMILES string of the molecule is CCOC(=O)c1cnc(N2CC3C(C2)C3N(c2ccc3ccccc3c2)S(=O)O)nc1. The quantitative estimate of drug-likeness (QED) is 0.467. The van der Waals surface area contributed by atoms with Crippen molar-refractivity contribution in [1.29, 1.82) is 0 Å². The van der Waals surface area contributed by atoms with Gasteiger partial charge in [-0.3, -0.25) is 8.86 Å². The second-order valence-corrected chi connectivity index (χ2v) is 8.66. The van der Waals surface area contributed by atoms with Crippen LogP contribution in [-0.4, -0.2) is 50.4 Å². The summed E-state index contributed by atoms with van der Waals surface area (Å²) in [6.45, 7) is 3.46. The third-order valence-electron chi connectivity index (χ3n) is 6.01. The topological polar surface area (TPSA) is 95.9 Å². The summed E-state index contributed by atoms with van der Waals surface area (Å²) < 4.78 is 28.8. The van der Waals surface area contributed by atoms with Gasteiger partial charge in [0.05, 0.1) is 23.9 Å². The first-order valence-electron chi connectivity index (χ1n) is 10.2. The zero-order valence-corrected chi connectivity index (χ0v) is 17.7. The van der Waals surface area contributed by atoms with Gasteiger partial charge in [-0.05, 0) is 29.8 Å². The van der Waals surface area contributed by atoms with Crippen LogP contribution < -0.4 is 9.21 Å². The van der Waals surface area contributed by atoms with Crippen molar-refractivity contribution in [1.82, 2.24) is 9.97 Å². The Morgan fingerprint density at radius 3 is 2.48 bits per heavy atom. The van der Waals surface area contributed by atoms with Crippen molar-refractivity contribution >= 4 is 39.6 Å². The van der Waals surface area contributed by atoms with Crippen molar-refractivity contribution in [3.05, 3.63) is 60.4 Å². The summed E-state index contributed by atoms with van der Waals surface area (Å²) in [4.78, 5) is 22.4. The fourth-order valence-corrected chi connectivity index (χ4v) is 5.31. The summed E-state index contributed by atoms with van der Waals surface area (Å²) in [7, 11) is 0. The molecule has 2 fully saturated rings. The molecule has 160 valence electrons. The number of nitrogens with zero attached hydrogens (tertiary/aromatic N) is 4. The van der Waals surface area contributed by atoms with E-state index in [4.69, 9.17) is 4.74 Å². The molecule has 1 aliphatic heterocycles. The largest absolute Gasteiger partial charge is 0.462 e. The van der Waals surface area contributed by atoms with E-state index in [2.05, 4.69) is 14.9 Å². The van der Waals surface area contributed by atoms with Crippen LogP contribution in [0.3, 0.4) is 0 Å². The van der Waals surface area contributed by atoms with E-state index in [1.165, 1.54) is 12.4 Å². The molecule has 3 unspecified atom stereocenters. The second-order valence-electron chi connectivity index (χ2n) is 7.80. The molecule has 2 heterocycles. The average Bonchev–Trinajstić information content (AvgIpc) is 3.24. The number of aromatic nitrogens is 2. The molecule has 2 aromatic carbocycles. The van der Waals surface area contributed by atoms with E-state index >= 15 is 0 Å². The van der Waals surface area contributed by atoms with Crippen LogP contribution in [-0.2, 0) is 16.0 Å². The number of esters is 1. The Labute approximate surface area is 182 Å². The van der Waals surface area contributed by atoms with E-state index in [0.29, 0.717) is 31.2 Å². The molecule has 8 nitrogen and oxygen atoms in total. The summed E-state index contributed by atoms with van der Waals surface area (Å²) in [5, 5.41) is 2.14. The van der Waals surface area contributed by atoms with Crippen molar-refractivity contribution in [2.24, 2.45) is 11.8 Å². The highest BCUT2D eigenvalue weighted by molar-refractivity contribution is 7.80. The van der Waals surface area contributed by atoms with Crippen LogP contribution in [0.25, 0.3) is 10.8 Å². The lowest BCUT2D eigenvalue weighted by atomic mass is 10.1. The third kappa shape index (κ3) is 3.64. The second kappa shape index (κ2) is 7.90. The standard InChI is InChI=1S/C22H22N4O4S/c1-2-30-21(27)16-10-23-22(24-11-16)25-12-18-19(13-25)20(18)26(31(28)29)17-8-7-14-5-3-4-6-15(14)9-17/h3-11,18-20H,2,12-13H2,1H3,(H,28,29). The number of hydrogen-bond acceptors (Lipinski definition) is 6. The first-order valence-corrected chi connectivity index (χ1v) is 11.3. The third-order valence-corrected chi connectivity index (χ3v) is 6.80. The number of carbonyl (C=O) groups is 1. The summed E-state index contributed by atoms with van der Waals surface area (Å²) in [5.41, 5.74) is 1.08. The molecule has 31 heavy (non-hydrogen) atoms. The Balaban J connectivity index is 1.30. The fraction of sp³-hybridized carbons (Fsp3) is 0.318. The number of anilines is 2. The molecule has 1 saturated carbocycles. The number of piperidine rings is 1. The van der Waals surface area contributed by atoms with Gasteiger partial charge in [-0.2, -0.15) is 0 Å². The lowest BCUT2D eigenvalue weighted by molar-refractivity contribution is 0.0525. The number of hydrogen-bond donors (Lipinski definition) is 1. The Hall–Kier alpha value is -3.04. The summed E-state index contributed by atoms with van der Waals surface area (Å²) >= 11 is -2.11. The van der Waals surface area contributed by atoms with E-state index < -0.39 is 17.2 Å². The number of fused-ring (bicyclic) bond motifs is 2. The van der Waals surface area contributed by atoms with E-state index in [1.807, 2.05) is 42.5 Å². The first kappa shape index (κ1) is 19.9. The van der Waals surface area contributed by atoms with E-state index in [9.17, 15) is 13.6 Å². The van der Waals surface area contributed by atoms with Crippen molar-refractivity contribution in [2.45, 2.75) is 13.0 Å². The average molecular weight is 439 g/mol. The van der Waals surface area contributed by atoms with Crippen LogP contribution in [0, 0.1) is 11.8 Å². The van der Waals surface area contributed by atoms with Crippen molar-refractivity contribution in [2.75, 3.05) is 28.9 Å². The summed E-state index contributed by atoms with van der Waals surface area (Å²) in [6.07, 6.45) is 2.96. The number of rotatable bonds is 6. The van der Waals surface area contributed by atoms with E-state index in [1.54, 1.807) is 11.2 Å². The minimum Gasteiger partial charge on any atom is -0.462 e. The molecule has 0 radical (unpaired) electrons. The summed E-state index contributed by atoms with van der Waals surface area (Å²) in [5.74, 6) is 0.642. The van der Waals surface area contributed by atoms with Gasteiger partial charge in [0.15, 0.2) is 0 Å². The zero-order valence-electron chi connectivity index (χ0n) is 16.9. The number of benzene rings is 2. The van der Waals surface area contributed by atoms with Crippen molar-refractivity contribution in [3.63, 3.8) is 0 Å². The van der Waals surface area contributed by atoms with Gasteiger partial charge in [-0.1, -0.05) is 30.3 Å². The molecular formula is C22H22N4O4S. The molecular weight excluding hydrogens is 416 g/mol. The molecule has 5 rings (SSSR count). The smallest absolute Gasteiger partial charge is 0.341 e. The predicted octanol–water partition coefficient (Wildman–Crippen LogP) is 2.88. The predicted molar refractivity (Wildman–Crippen MR) is 118 cm³/mol. The Kier molecular flexibility index (Phi) is 5.07. The molecule has 1 aliphatic carbocycles. The van der Waals surface area contributed by atoms with Gasteiger partial charge >= 0.3 is 5.97 Å². The van der Waals surface area contributed by atoms with Crippen LogP contribution in [0.1, 0.15) is 17.3 Å². The highest BCUT2D eigenvalue weighted by atomic mass is 32.2. The maximum absolute atomic E-state index is 12.2. The molecule has 1 saturated heterocycles. The molecule has 9 heteroatoms. The lowest BCUT2D eigenvalue weighted by Gasteiger charge is -2.26. The highest BCUT2D eigenvalue weighted by Crippen LogP contribution is 2.51. The normalized spacial score (nSPS) is 22.8. The molecule has 3 atom stereocenters. The van der Waals surface area contributed by atoms with Gasteiger partial charge in [0, 0.05) is 37.3 Å². The molecule has 0 bridgehead atoms. The maximum Gasteiger partial charge on any atom is 0.341 e. The lowest BCUT2D eigenvalue weighted by Crippen LogP contribution is -2.36. The highest BCUT2D eigenvalue weighted by Gasteiger charge is 2.60. The summed E-state index contributed by atoms with van der Waals surface area (Å²) in [6, 6.07) is 13.8. The number of carbonyl (C=O) groups excluding carboxylic acids is 1. The van der Waals surface area contributed by atoms with E-state index in [0.717, 1.165) is 16.5 Å². The Bertz CT molecular complexity index is 1140. The van der Waals surface area contributed by atoms with Crippen LogP contribution in [0.5, 0.6) is 0 Å². The van der Waals surface area contributed by atoms with Gasteiger partial charge in [0.1, 0.15) is 0 Å². The number of ether oxygens (including phenoxy) is 1. The van der Waals surface area contributed by atoms with Gasteiger partial charge in [0.25, 0.3) is 11.3 Å². The Morgan fingerprint density at radius 2 is 1.84 bits per heavy atom. The molecule has 1 N–H and O–H groups in total. The molecule has 0 spiro atoms. The monoisotopic (exact) mass is 438 g/mol. The first-order chi connectivity index (χ1) is 15.1. The minimum absolute atomic E-state index is 0.00190. The fourth-order valence-electron chi connectivity index (χ4n) is 4.49. The van der Waals surface area contributed by atoms with Gasteiger partial charge in [0.2, 0.25) is 5.95 Å². The van der Waals surface area contributed by atoms with Crippen molar-refractivity contribution < 1.29 is 18.3 Å². The van der Waals surface area contributed by atoms with Crippen LogP contribution in [0.4, 0.5) is 11.6 Å². The van der Waals surface area contributed by atoms with Gasteiger partial charge in [-0.25, -0.2) is 19.0 Å². The zero-order chi connectivity index (χ0) is 21.5. The van der Waals surface area contributed by atoms with Gasteiger partial charge in [-0.15, -0.1) is 0 Å². The minimum atomic E-state index is -2.11. The van der Waals surface area contributed by atoms with Gasteiger partial charge < -0.3 is 9.64 Å². The van der Waals surface area contributed by atoms with Crippen LogP contribution in [0.2, 0.25) is 0 Å². The molecule has 2 aliphatic rings. The van der Waals surface area contributed by atoms with E-state index in [-0.39, 0.29) is 17.9 Å². The van der Waals surface area contributed by atoms with Crippen molar-refractivity contribution in [3.8, 4) is 0 Å². The molecule has 1 aromatic heterocycles. The van der Waals surface area contributed by atoms with Crippen LogP contribution >= 0.6 is 0 Å². The Morgan fingerprint density at radius 1 is 1.16 bits per heavy atom. The molecule has 3 aromatic rings. The molecule has 0 amide bonds. The van der Waals surface area contributed by atoms with Crippen LogP contribution in [0.15, 0.2) is 54.9 Å².